The van der Waals surface area contributed by atoms with Crippen LogP contribution in [0.1, 0.15) is 30.4 Å². The van der Waals surface area contributed by atoms with Crippen molar-refractivity contribution in [3.8, 4) is 0 Å². The summed E-state index contributed by atoms with van der Waals surface area (Å²) in [4.78, 5) is 22.2. The van der Waals surface area contributed by atoms with Crippen LogP contribution in [-0.2, 0) is 9.59 Å². The highest BCUT2D eigenvalue weighted by molar-refractivity contribution is 6.04. The molecule has 19 heavy (non-hydrogen) atoms. The first-order valence-electron chi connectivity index (χ1n) is 6.23. The van der Waals surface area contributed by atoms with Crippen molar-refractivity contribution in [3.05, 3.63) is 35.4 Å². The van der Waals surface area contributed by atoms with Crippen molar-refractivity contribution in [2.75, 3.05) is 6.54 Å². The van der Waals surface area contributed by atoms with E-state index in [0.29, 0.717) is 12.8 Å². The predicted molar refractivity (Wildman–Crippen MR) is 70.9 cm³/mol. The maximum atomic E-state index is 11.7. The number of hydrazone groups is 1. The van der Waals surface area contributed by atoms with Gasteiger partial charge in [-0.05, 0) is 12.5 Å². The molecule has 1 aromatic carbocycles. The highest BCUT2D eigenvalue weighted by atomic mass is 16.4. The molecule has 0 aliphatic carbocycles. The van der Waals surface area contributed by atoms with E-state index in [-0.39, 0.29) is 18.9 Å². The largest absolute Gasteiger partial charge is 0.481 e. The topological polar surface area (TPSA) is 70.0 Å². The Morgan fingerprint density at radius 2 is 2.00 bits per heavy atom. The Morgan fingerprint density at radius 1 is 1.32 bits per heavy atom. The molecule has 0 bridgehead atoms. The van der Waals surface area contributed by atoms with E-state index in [4.69, 9.17) is 5.11 Å². The lowest BCUT2D eigenvalue weighted by molar-refractivity contribution is -0.138. The Bertz CT molecular complexity index is 520. The highest BCUT2D eigenvalue weighted by Gasteiger charge is 2.21. The van der Waals surface area contributed by atoms with E-state index >= 15 is 0 Å². The molecule has 1 N–H and O–H groups in total. The van der Waals surface area contributed by atoms with E-state index in [2.05, 4.69) is 5.10 Å². The van der Waals surface area contributed by atoms with Crippen LogP contribution in [0.25, 0.3) is 0 Å². The normalized spacial score (nSPS) is 15.3. The van der Waals surface area contributed by atoms with E-state index in [9.17, 15) is 9.59 Å². The Kier molecular flexibility index (Phi) is 3.94. The van der Waals surface area contributed by atoms with Gasteiger partial charge in [0.15, 0.2) is 0 Å². The van der Waals surface area contributed by atoms with Crippen LogP contribution in [-0.4, -0.2) is 34.2 Å². The fourth-order valence-corrected chi connectivity index (χ4v) is 1.93. The van der Waals surface area contributed by atoms with Crippen molar-refractivity contribution in [2.45, 2.75) is 26.2 Å². The molecule has 1 aliphatic rings. The summed E-state index contributed by atoms with van der Waals surface area (Å²) < 4.78 is 0. The number of carbonyl (C=O) groups is 2. The van der Waals surface area contributed by atoms with Gasteiger partial charge < -0.3 is 5.11 Å². The van der Waals surface area contributed by atoms with Gasteiger partial charge in [0.1, 0.15) is 0 Å². The summed E-state index contributed by atoms with van der Waals surface area (Å²) >= 11 is 0. The van der Waals surface area contributed by atoms with Crippen molar-refractivity contribution >= 4 is 17.6 Å². The minimum absolute atomic E-state index is 0.0869. The summed E-state index contributed by atoms with van der Waals surface area (Å²) in [6, 6.07) is 7.93. The smallest absolute Gasteiger partial charge is 0.305 e. The van der Waals surface area contributed by atoms with Gasteiger partial charge in [-0.3, -0.25) is 9.59 Å². The van der Waals surface area contributed by atoms with E-state index in [1.165, 1.54) is 10.6 Å². The first-order chi connectivity index (χ1) is 9.06. The van der Waals surface area contributed by atoms with Gasteiger partial charge in [-0.15, -0.1) is 0 Å². The zero-order chi connectivity index (χ0) is 13.8. The number of amides is 1. The van der Waals surface area contributed by atoms with Crippen LogP contribution in [0, 0.1) is 6.92 Å². The fourth-order valence-electron chi connectivity index (χ4n) is 1.93. The van der Waals surface area contributed by atoms with Gasteiger partial charge in [-0.25, -0.2) is 5.01 Å². The van der Waals surface area contributed by atoms with Crippen molar-refractivity contribution < 1.29 is 14.7 Å². The second-order valence-corrected chi connectivity index (χ2v) is 4.57. The minimum Gasteiger partial charge on any atom is -0.481 e. The quantitative estimate of drug-likeness (QED) is 0.897. The standard InChI is InChI=1S/C14H16N2O3/c1-10-2-4-11(5-3-10)12-6-7-13(17)16(15-12)9-8-14(18)19/h2-5H,6-9H2,1H3,(H,18,19). The molecular weight excluding hydrogens is 244 g/mol. The monoisotopic (exact) mass is 260 g/mol. The molecule has 1 aliphatic heterocycles. The van der Waals surface area contributed by atoms with Crippen molar-refractivity contribution in [3.63, 3.8) is 0 Å². The van der Waals surface area contributed by atoms with Gasteiger partial charge >= 0.3 is 5.97 Å². The number of rotatable bonds is 4. The van der Waals surface area contributed by atoms with Crippen LogP contribution in [0.5, 0.6) is 0 Å². The number of carbonyl (C=O) groups excluding carboxylic acids is 1. The first kappa shape index (κ1) is 13.3. The average Bonchev–Trinajstić information content (AvgIpc) is 2.39. The second kappa shape index (κ2) is 5.65. The van der Waals surface area contributed by atoms with Gasteiger partial charge in [0.2, 0.25) is 5.91 Å². The molecule has 1 heterocycles. The summed E-state index contributed by atoms with van der Waals surface area (Å²) in [5.74, 6) is -1.04. The lowest BCUT2D eigenvalue weighted by Crippen LogP contribution is -2.33. The van der Waals surface area contributed by atoms with Crippen molar-refractivity contribution in [1.82, 2.24) is 5.01 Å². The van der Waals surface area contributed by atoms with Crippen molar-refractivity contribution in [2.24, 2.45) is 5.10 Å². The van der Waals surface area contributed by atoms with Crippen LogP contribution in [0.4, 0.5) is 0 Å². The van der Waals surface area contributed by atoms with Crippen LogP contribution in [0.15, 0.2) is 29.4 Å². The third-order valence-electron chi connectivity index (χ3n) is 3.03. The van der Waals surface area contributed by atoms with Gasteiger partial charge in [0.05, 0.1) is 18.7 Å². The molecule has 2 rings (SSSR count). The third kappa shape index (κ3) is 3.40. The molecule has 100 valence electrons. The van der Waals surface area contributed by atoms with Gasteiger partial charge in [0.25, 0.3) is 0 Å². The maximum absolute atomic E-state index is 11.7. The lowest BCUT2D eigenvalue weighted by Gasteiger charge is -2.23. The molecule has 1 amide bonds. The number of benzene rings is 1. The molecule has 5 nitrogen and oxygen atoms in total. The number of nitrogens with zero attached hydrogens (tertiary/aromatic N) is 2. The molecule has 0 saturated heterocycles. The number of carboxylic acid groups (broad SMARTS) is 1. The van der Waals surface area contributed by atoms with E-state index in [0.717, 1.165) is 11.3 Å². The number of aliphatic carboxylic acids is 1. The Hall–Kier alpha value is -2.17. The molecule has 0 aromatic heterocycles. The van der Waals surface area contributed by atoms with E-state index in [1.54, 1.807) is 0 Å². The third-order valence-corrected chi connectivity index (χ3v) is 3.03. The summed E-state index contributed by atoms with van der Waals surface area (Å²) in [5, 5.41) is 14.2. The van der Waals surface area contributed by atoms with Crippen molar-refractivity contribution in [1.29, 1.82) is 0 Å². The zero-order valence-corrected chi connectivity index (χ0v) is 10.8. The predicted octanol–water partition coefficient (Wildman–Crippen LogP) is 1.80. The number of hydrogen-bond donors (Lipinski definition) is 1. The van der Waals surface area contributed by atoms with Crippen LogP contribution >= 0.6 is 0 Å². The molecule has 1 aromatic rings. The summed E-state index contributed by atoms with van der Waals surface area (Å²) in [5.41, 5.74) is 2.99. The Balaban J connectivity index is 2.16. The van der Waals surface area contributed by atoms with Gasteiger partial charge in [-0.2, -0.15) is 5.10 Å². The van der Waals surface area contributed by atoms with Crippen LogP contribution in [0.2, 0.25) is 0 Å². The SMILES string of the molecule is Cc1ccc(C2=NN(CCC(=O)O)C(=O)CC2)cc1. The molecule has 5 heteroatoms. The summed E-state index contributed by atoms with van der Waals surface area (Å²) in [6.45, 7) is 2.14. The Morgan fingerprint density at radius 3 is 2.63 bits per heavy atom. The van der Waals surface area contributed by atoms with E-state index in [1.807, 2.05) is 31.2 Å². The van der Waals surface area contributed by atoms with E-state index < -0.39 is 5.97 Å². The molecule has 0 spiro atoms. The fraction of sp³-hybridized carbons (Fsp3) is 0.357. The molecular formula is C14H16N2O3. The summed E-state index contributed by atoms with van der Waals surface area (Å²) in [6.07, 6.45) is 0.897. The van der Waals surface area contributed by atoms with Gasteiger partial charge in [0, 0.05) is 12.8 Å². The number of carboxylic acids is 1. The first-order valence-corrected chi connectivity index (χ1v) is 6.23. The number of hydrogen-bond acceptors (Lipinski definition) is 3. The number of aryl methyl sites for hydroxylation is 1. The molecule has 0 unspecified atom stereocenters. The second-order valence-electron chi connectivity index (χ2n) is 4.57. The molecule has 0 radical (unpaired) electrons. The molecule has 0 saturated carbocycles. The molecule has 0 atom stereocenters. The zero-order valence-electron chi connectivity index (χ0n) is 10.8. The average molecular weight is 260 g/mol. The highest BCUT2D eigenvalue weighted by Crippen LogP contribution is 2.16. The lowest BCUT2D eigenvalue weighted by atomic mass is 10.0. The van der Waals surface area contributed by atoms with Crippen LogP contribution in [0.3, 0.4) is 0 Å². The van der Waals surface area contributed by atoms with Gasteiger partial charge in [-0.1, -0.05) is 29.8 Å². The minimum atomic E-state index is -0.926. The summed E-state index contributed by atoms with van der Waals surface area (Å²) in [7, 11) is 0. The maximum Gasteiger partial charge on any atom is 0.305 e. The van der Waals surface area contributed by atoms with Crippen LogP contribution < -0.4 is 0 Å². The Labute approximate surface area is 111 Å². The molecule has 0 fully saturated rings.